The van der Waals surface area contributed by atoms with Gasteiger partial charge in [0.15, 0.2) is 0 Å². The zero-order chi connectivity index (χ0) is 30.9. The number of likely N-dealkylation sites (N-methyl/N-ethyl adjacent to an activating group) is 2. The van der Waals surface area contributed by atoms with Gasteiger partial charge in [-0.05, 0) is 38.5 Å². The summed E-state index contributed by atoms with van der Waals surface area (Å²) in [5, 5.41) is 0. The molecule has 0 saturated heterocycles. The van der Waals surface area contributed by atoms with Gasteiger partial charge in [-0.3, -0.25) is 4.90 Å². The number of hydrogen-bond acceptors (Lipinski definition) is 1. The molecule has 0 atom stereocenters. The molecule has 0 spiro atoms. The number of rotatable bonds is 31. The summed E-state index contributed by atoms with van der Waals surface area (Å²) in [5.74, 6) is 0. The Balaban J connectivity index is 4.73. The molecule has 0 aliphatic heterocycles. The first-order valence-corrected chi connectivity index (χ1v) is 18.7. The summed E-state index contributed by atoms with van der Waals surface area (Å²) in [6.07, 6.45) is 26.6. The summed E-state index contributed by atoms with van der Waals surface area (Å²) in [4.78, 5) is 2.84. The molecule has 4 heteroatoms. The second-order valence-electron chi connectivity index (χ2n) is 15.6. The van der Waals surface area contributed by atoms with Gasteiger partial charge in [0.2, 0.25) is 0 Å². The summed E-state index contributed by atoms with van der Waals surface area (Å²) in [6, 6.07) is 0. The van der Waals surface area contributed by atoms with Crippen molar-refractivity contribution < 1.29 is 13.4 Å². The Morgan fingerprint density at radius 3 is 0.902 bits per heavy atom. The fraction of sp³-hybridized carbons (Fsp3) is 1.00. The molecule has 248 valence electrons. The lowest BCUT2D eigenvalue weighted by molar-refractivity contribution is -0.893. The molecule has 0 bridgehead atoms. The van der Waals surface area contributed by atoms with Crippen LogP contribution in [0.25, 0.3) is 0 Å². The maximum absolute atomic E-state index is 2.84. The van der Waals surface area contributed by atoms with Crippen LogP contribution < -0.4 is 0 Å². The van der Waals surface area contributed by atoms with Crippen molar-refractivity contribution in [2.24, 2.45) is 0 Å². The number of nitrogens with zero attached hydrogens (tertiary/aromatic N) is 4. The lowest BCUT2D eigenvalue weighted by Crippen LogP contribution is -2.50. The first kappa shape index (κ1) is 40.8. The number of unbranched alkanes of at least 4 members (excludes halogenated alkanes) is 15. The molecule has 4 nitrogen and oxygen atoms in total. The van der Waals surface area contributed by atoms with Gasteiger partial charge in [-0.1, -0.05) is 97.8 Å². The van der Waals surface area contributed by atoms with E-state index in [-0.39, 0.29) is 0 Å². The molecule has 0 aromatic rings. The molecule has 0 fully saturated rings. The largest absolute Gasteiger partial charge is 0.328 e. The van der Waals surface area contributed by atoms with Gasteiger partial charge >= 0.3 is 0 Å². The Hall–Kier alpha value is -0.160. The summed E-state index contributed by atoms with van der Waals surface area (Å²) < 4.78 is 3.56. The van der Waals surface area contributed by atoms with E-state index in [9.17, 15) is 0 Å². The second kappa shape index (κ2) is 25.2. The van der Waals surface area contributed by atoms with Crippen molar-refractivity contribution in [3.05, 3.63) is 0 Å². The second-order valence-corrected chi connectivity index (χ2v) is 15.6. The fourth-order valence-electron chi connectivity index (χ4n) is 6.18. The Kier molecular flexibility index (Phi) is 25.1. The lowest BCUT2D eigenvalue weighted by Gasteiger charge is -2.36. The molecule has 0 radical (unpaired) electrons. The minimum atomic E-state index is 1.18. The van der Waals surface area contributed by atoms with Gasteiger partial charge in [-0.25, -0.2) is 0 Å². The highest BCUT2D eigenvalue weighted by molar-refractivity contribution is 4.59. The molecule has 0 rings (SSSR count). The lowest BCUT2D eigenvalue weighted by atomic mass is 10.1. The van der Waals surface area contributed by atoms with Crippen molar-refractivity contribution in [2.45, 2.75) is 143 Å². The minimum absolute atomic E-state index is 1.18. The molecule has 41 heavy (non-hydrogen) atoms. The maximum atomic E-state index is 2.84. The monoisotopic (exact) mass is 584 g/mol. The van der Waals surface area contributed by atoms with Gasteiger partial charge < -0.3 is 13.4 Å². The molecular weight excluding hydrogens is 500 g/mol. The highest BCUT2D eigenvalue weighted by atomic mass is 15.3. The van der Waals surface area contributed by atoms with Crippen LogP contribution in [0, 0.1) is 0 Å². The summed E-state index contributed by atoms with van der Waals surface area (Å²) in [7, 11) is 14.8. The van der Waals surface area contributed by atoms with Crippen molar-refractivity contribution in [1.82, 2.24) is 4.90 Å². The van der Waals surface area contributed by atoms with Crippen LogP contribution in [0.5, 0.6) is 0 Å². The standard InChI is InChI=1S/C37H83N4/c1-10-13-16-19-22-25-32-39(4,5)35-28-29-38(30-36-40(6,7)33-26-23-20-17-14-11-2)31-37-41(8,9)34-27-24-21-18-15-12-3/h10-37H2,1-9H3/q+3. The van der Waals surface area contributed by atoms with Gasteiger partial charge in [0.1, 0.15) is 0 Å². The zero-order valence-electron chi connectivity index (χ0n) is 30.6. The number of quaternary nitrogens is 3. The van der Waals surface area contributed by atoms with Crippen molar-refractivity contribution in [3.8, 4) is 0 Å². The molecular formula is C37H83N4+3. The molecule has 0 amide bonds. The highest BCUT2D eigenvalue weighted by Gasteiger charge is 2.22. The van der Waals surface area contributed by atoms with Crippen LogP contribution in [0.1, 0.15) is 143 Å². The van der Waals surface area contributed by atoms with Crippen molar-refractivity contribution >= 4 is 0 Å². The SMILES string of the molecule is CCCCCCCC[N+](C)(C)CCCN(CC[N+](C)(C)CCCCCCCC)CC[N+](C)(C)CCCCCCCC. The van der Waals surface area contributed by atoms with E-state index in [0.717, 1.165) is 0 Å². The van der Waals surface area contributed by atoms with E-state index < -0.39 is 0 Å². The molecule has 0 saturated carbocycles. The average molecular weight is 584 g/mol. The molecule has 0 unspecified atom stereocenters. The summed E-state index contributed by atoms with van der Waals surface area (Å²) >= 11 is 0. The van der Waals surface area contributed by atoms with Gasteiger partial charge in [0.05, 0.1) is 81.6 Å². The van der Waals surface area contributed by atoms with Crippen LogP contribution in [-0.2, 0) is 0 Å². The molecule has 0 N–H and O–H groups in total. The predicted octanol–water partition coefficient (Wildman–Crippen LogP) is 8.99. The molecule has 0 aliphatic carbocycles. The third-order valence-corrected chi connectivity index (χ3v) is 9.63. The van der Waals surface area contributed by atoms with Crippen molar-refractivity contribution in [3.63, 3.8) is 0 Å². The van der Waals surface area contributed by atoms with E-state index >= 15 is 0 Å². The van der Waals surface area contributed by atoms with Crippen molar-refractivity contribution in [1.29, 1.82) is 0 Å². The highest BCUT2D eigenvalue weighted by Crippen LogP contribution is 2.12. The molecule has 0 aromatic carbocycles. The quantitative estimate of drug-likeness (QED) is 0.0581. The normalized spacial score (nSPS) is 13.0. The molecule has 0 heterocycles. The first-order chi connectivity index (χ1) is 19.5. The summed E-state index contributed by atoms with van der Waals surface area (Å²) in [5.41, 5.74) is 0. The van der Waals surface area contributed by atoms with E-state index in [0.29, 0.717) is 0 Å². The van der Waals surface area contributed by atoms with Gasteiger partial charge in [-0.15, -0.1) is 0 Å². The average Bonchev–Trinajstić information content (AvgIpc) is 2.91. The van der Waals surface area contributed by atoms with Crippen LogP contribution in [0.15, 0.2) is 0 Å². The fourth-order valence-corrected chi connectivity index (χ4v) is 6.18. The third-order valence-electron chi connectivity index (χ3n) is 9.63. The maximum Gasteiger partial charge on any atom is 0.0911 e. The van der Waals surface area contributed by atoms with Crippen LogP contribution in [0.2, 0.25) is 0 Å². The van der Waals surface area contributed by atoms with Gasteiger partial charge in [0, 0.05) is 26.1 Å². The van der Waals surface area contributed by atoms with E-state index in [1.165, 1.54) is 194 Å². The van der Waals surface area contributed by atoms with E-state index in [4.69, 9.17) is 0 Å². The van der Waals surface area contributed by atoms with Crippen LogP contribution in [0.3, 0.4) is 0 Å². The van der Waals surface area contributed by atoms with Crippen molar-refractivity contribution in [2.75, 3.05) is 101 Å². The van der Waals surface area contributed by atoms with E-state index in [1.807, 2.05) is 0 Å². The topological polar surface area (TPSA) is 3.24 Å². The van der Waals surface area contributed by atoms with E-state index in [2.05, 4.69) is 68.0 Å². The van der Waals surface area contributed by atoms with Gasteiger partial charge in [-0.2, -0.15) is 0 Å². The predicted molar refractivity (Wildman–Crippen MR) is 187 cm³/mol. The Labute approximate surface area is 262 Å². The smallest absolute Gasteiger partial charge is 0.0911 e. The van der Waals surface area contributed by atoms with Gasteiger partial charge in [0.25, 0.3) is 0 Å². The molecule has 0 aromatic heterocycles. The Morgan fingerprint density at radius 2 is 0.561 bits per heavy atom. The number of hydrogen-bond donors (Lipinski definition) is 0. The Bertz CT molecular complexity index is 525. The first-order valence-electron chi connectivity index (χ1n) is 18.7. The summed E-state index contributed by atoms with van der Waals surface area (Å²) in [6.45, 7) is 18.6. The molecule has 0 aliphatic rings. The zero-order valence-corrected chi connectivity index (χ0v) is 30.6. The Morgan fingerprint density at radius 1 is 0.293 bits per heavy atom. The van der Waals surface area contributed by atoms with Crippen LogP contribution in [-0.4, -0.2) is 120 Å². The minimum Gasteiger partial charge on any atom is -0.328 e. The van der Waals surface area contributed by atoms with E-state index in [1.54, 1.807) is 0 Å². The third kappa shape index (κ3) is 27.1. The van der Waals surface area contributed by atoms with Crippen LogP contribution in [0.4, 0.5) is 0 Å². The van der Waals surface area contributed by atoms with Crippen LogP contribution >= 0.6 is 0 Å².